The van der Waals surface area contributed by atoms with Crippen LogP contribution in [0.2, 0.25) is 0 Å². The molecule has 1 fully saturated rings. The minimum atomic E-state index is 0.263. The van der Waals surface area contributed by atoms with Crippen LogP contribution in [0.15, 0.2) is 12.5 Å². The SMILES string of the molecule is CCn1cncc1C(CN)N(C)C1CCCN(C)C1. The minimum Gasteiger partial charge on any atom is -0.333 e. The Kier molecular flexibility index (Phi) is 4.96. The van der Waals surface area contributed by atoms with Gasteiger partial charge in [-0.05, 0) is 40.4 Å². The highest BCUT2D eigenvalue weighted by atomic mass is 15.2. The number of hydrogen-bond donors (Lipinski definition) is 1. The Morgan fingerprint density at radius 1 is 1.58 bits per heavy atom. The maximum Gasteiger partial charge on any atom is 0.0948 e. The topological polar surface area (TPSA) is 50.3 Å². The predicted octanol–water partition coefficient (Wildman–Crippen LogP) is 0.929. The molecule has 2 rings (SSSR count). The van der Waals surface area contributed by atoms with E-state index in [9.17, 15) is 0 Å². The van der Waals surface area contributed by atoms with Crippen LogP contribution in [0.3, 0.4) is 0 Å². The van der Waals surface area contributed by atoms with Crippen LogP contribution in [-0.4, -0.2) is 59.1 Å². The van der Waals surface area contributed by atoms with Crippen LogP contribution in [0, 0.1) is 0 Å². The summed E-state index contributed by atoms with van der Waals surface area (Å²) in [5.74, 6) is 0. The summed E-state index contributed by atoms with van der Waals surface area (Å²) in [5.41, 5.74) is 7.27. The highest BCUT2D eigenvalue weighted by Crippen LogP contribution is 2.24. The zero-order chi connectivity index (χ0) is 13.8. The lowest BCUT2D eigenvalue weighted by Crippen LogP contribution is -2.48. The summed E-state index contributed by atoms with van der Waals surface area (Å²) < 4.78 is 2.20. The van der Waals surface area contributed by atoms with Crippen LogP contribution in [0.5, 0.6) is 0 Å². The first kappa shape index (κ1) is 14.5. The van der Waals surface area contributed by atoms with Crippen LogP contribution < -0.4 is 5.73 Å². The zero-order valence-corrected chi connectivity index (χ0v) is 12.4. The molecule has 2 heterocycles. The Balaban J connectivity index is 2.12. The van der Waals surface area contributed by atoms with Crippen molar-refractivity contribution in [3.05, 3.63) is 18.2 Å². The summed E-state index contributed by atoms with van der Waals surface area (Å²) in [6.07, 6.45) is 6.40. The van der Waals surface area contributed by atoms with Crippen LogP contribution >= 0.6 is 0 Å². The average Bonchev–Trinajstić information content (AvgIpc) is 2.88. The third kappa shape index (κ3) is 3.16. The van der Waals surface area contributed by atoms with E-state index < -0.39 is 0 Å². The lowest BCUT2D eigenvalue weighted by molar-refractivity contribution is 0.0980. The summed E-state index contributed by atoms with van der Waals surface area (Å²) >= 11 is 0. The van der Waals surface area contributed by atoms with Crippen LogP contribution in [0.25, 0.3) is 0 Å². The molecule has 0 aliphatic carbocycles. The number of aromatic nitrogens is 2. The van der Waals surface area contributed by atoms with Crippen molar-refractivity contribution in [2.45, 2.75) is 38.4 Å². The second-order valence-electron chi connectivity index (χ2n) is 5.58. The molecule has 108 valence electrons. The first-order chi connectivity index (χ1) is 9.17. The summed E-state index contributed by atoms with van der Waals surface area (Å²) in [7, 11) is 4.40. The molecule has 2 N–H and O–H groups in total. The molecule has 0 spiro atoms. The second kappa shape index (κ2) is 6.50. The maximum atomic E-state index is 6.03. The number of rotatable bonds is 5. The van der Waals surface area contributed by atoms with Gasteiger partial charge >= 0.3 is 0 Å². The largest absolute Gasteiger partial charge is 0.333 e. The maximum absolute atomic E-state index is 6.03. The molecule has 0 bridgehead atoms. The van der Waals surface area contributed by atoms with Gasteiger partial charge in [0.1, 0.15) is 0 Å². The number of hydrogen-bond acceptors (Lipinski definition) is 4. The van der Waals surface area contributed by atoms with Gasteiger partial charge < -0.3 is 15.2 Å². The second-order valence-corrected chi connectivity index (χ2v) is 5.58. The van der Waals surface area contributed by atoms with E-state index in [4.69, 9.17) is 5.73 Å². The summed E-state index contributed by atoms with van der Waals surface area (Å²) in [6, 6.07) is 0.853. The molecule has 1 aliphatic rings. The fraction of sp³-hybridized carbons (Fsp3) is 0.786. The molecule has 2 unspecified atom stereocenters. The first-order valence-corrected chi connectivity index (χ1v) is 7.28. The Morgan fingerprint density at radius 3 is 3.00 bits per heavy atom. The molecular weight excluding hydrogens is 238 g/mol. The number of likely N-dealkylation sites (tertiary alicyclic amines) is 1. The number of piperidine rings is 1. The lowest BCUT2D eigenvalue weighted by atomic mass is 10.0. The molecule has 2 atom stereocenters. The zero-order valence-electron chi connectivity index (χ0n) is 12.4. The highest BCUT2D eigenvalue weighted by molar-refractivity contribution is 5.07. The normalized spacial score (nSPS) is 22.9. The summed E-state index contributed by atoms with van der Waals surface area (Å²) in [6.45, 7) is 6.08. The first-order valence-electron chi connectivity index (χ1n) is 7.28. The van der Waals surface area contributed by atoms with Crippen molar-refractivity contribution in [1.29, 1.82) is 0 Å². The van der Waals surface area contributed by atoms with Gasteiger partial charge in [-0.2, -0.15) is 0 Å². The summed E-state index contributed by atoms with van der Waals surface area (Å²) in [4.78, 5) is 9.13. The molecular formula is C14H27N5. The summed E-state index contributed by atoms with van der Waals surface area (Å²) in [5, 5.41) is 0. The minimum absolute atomic E-state index is 0.263. The van der Waals surface area contributed by atoms with Crippen molar-refractivity contribution in [3.8, 4) is 0 Å². The van der Waals surface area contributed by atoms with Crippen LogP contribution in [-0.2, 0) is 6.54 Å². The van der Waals surface area contributed by atoms with Crippen molar-refractivity contribution >= 4 is 0 Å². The van der Waals surface area contributed by atoms with Crippen molar-refractivity contribution < 1.29 is 0 Å². The van der Waals surface area contributed by atoms with E-state index in [-0.39, 0.29) is 6.04 Å². The van der Waals surface area contributed by atoms with Crippen LogP contribution in [0.1, 0.15) is 31.5 Å². The quantitative estimate of drug-likeness (QED) is 0.860. The molecule has 5 nitrogen and oxygen atoms in total. The van der Waals surface area contributed by atoms with Crippen LogP contribution in [0.4, 0.5) is 0 Å². The van der Waals surface area contributed by atoms with Gasteiger partial charge in [-0.15, -0.1) is 0 Å². The lowest BCUT2D eigenvalue weighted by Gasteiger charge is -2.39. The Morgan fingerprint density at radius 2 is 2.37 bits per heavy atom. The third-order valence-electron chi connectivity index (χ3n) is 4.32. The van der Waals surface area contributed by atoms with Gasteiger partial charge in [0.25, 0.3) is 0 Å². The highest BCUT2D eigenvalue weighted by Gasteiger charge is 2.28. The van der Waals surface area contributed by atoms with E-state index in [1.54, 1.807) is 0 Å². The predicted molar refractivity (Wildman–Crippen MR) is 78.0 cm³/mol. The Hall–Kier alpha value is -0.910. The molecule has 19 heavy (non-hydrogen) atoms. The smallest absolute Gasteiger partial charge is 0.0948 e. The Labute approximate surface area is 116 Å². The molecule has 5 heteroatoms. The fourth-order valence-corrected chi connectivity index (χ4v) is 3.09. The van der Waals surface area contributed by atoms with Gasteiger partial charge in [0.2, 0.25) is 0 Å². The third-order valence-corrected chi connectivity index (χ3v) is 4.32. The fourth-order valence-electron chi connectivity index (χ4n) is 3.09. The van der Waals surface area contributed by atoms with Crippen molar-refractivity contribution in [2.75, 3.05) is 33.7 Å². The monoisotopic (exact) mass is 265 g/mol. The van der Waals surface area contributed by atoms with Crippen molar-refractivity contribution in [2.24, 2.45) is 5.73 Å². The number of imidazole rings is 1. The molecule has 0 saturated carbocycles. The van der Waals surface area contributed by atoms with E-state index in [0.717, 1.165) is 13.1 Å². The van der Waals surface area contributed by atoms with E-state index in [1.165, 1.54) is 25.1 Å². The van der Waals surface area contributed by atoms with Gasteiger partial charge in [0.15, 0.2) is 0 Å². The molecule has 0 radical (unpaired) electrons. The van der Waals surface area contributed by atoms with E-state index in [0.29, 0.717) is 12.6 Å². The average molecular weight is 265 g/mol. The Bertz CT molecular complexity index is 389. The molecule has 1 aromatic rings. The molecule has 0 aromatic carbocycles. The number of likely N-dealkylation sites (N-methyl/N-ethyl adjacent to an activating group) is 2. The van der Waals surface area contributed by atoms with Gasteiger partial charge in [-0.3, -0.25) is 4.90 Å². The van der Waals surface area contributed by atoms with Gasteiger partial charge in [0.05, 0.1) is 18.1 Å². The molecule has 0 amide bonds. The van der Waals surface area contributed by atoms with Gasteiger partial charge in [-0.25, -0.2) is 4.98 Å². The van der Waals surface area contributed by atoms with E-state index in [1.807, 2.05) is 12.5 Å². The molecule has 1 aromatic heterocycles. The van der Waals surface area contributed by atoms with E-state index in [2.05, 4.69) is 40.4 Å². The van der Waals surface area contributed by atoms with E-state index >= 15 is 0 Å². The van der Waals surface area contributed by atoms with Gasteiger partial charge in [0, 0.05) is 31.9 Å². The van der Waals surface area contributed by atoms with Crippen molar-refractivity contribution in [3.63, 3.8) is 0 Å². The number of aryl methyl sites for hydroxylation is 1. The molecule has 1 aliphatic heterocycles. The van der Waals surface area contributed by atoms with Crippen molar-refractivity contribution in [1.82, 2.24) is 19.4 Å². The number of nitrogens with zero attached hydrogens (tertiary/aromatic N) is 4. The molecule has 1 saturated heterocycles. The number of nitrogens with two attached hydrogens (primary N) is 1. The standard InChI is InChI=1S/C14H27N5/c1-4-19-11-16-9-14(19)13(8-15)18(3)12-6-5-7-17(2)10-12/h9,11-13H,4-8,10,15H2,1-3H3. The van der Waals surface area contributed by atoms with Gasteiger partial charge in [-0.1, -0.05) is 0 Å².